The summed E-state index contributed by atoms with van der Waals surface area (Å²) in [5.74, 6) is -0.0694. The zero-order chi connectivity index (χ0) is 30.6. The monoisotopic (exact) mass is 608 g/mol. The van der Waals surface area contributed by atoms with E-state index in [0.29, 0.717) is 49.4 Å². The van der Waals surface area contributed by atoms with E-state index in [1.54, 1.807) is 23.1 Å². The molecule has 3 N–H and O–H groups in total. The Morgan fingerprint density at radius 3 is 2.37 bits per heavy atom. The molecule has 0 bridgehead atoms. The topological polar surface area (TPSA) is 153 Å². The third-order valence-electron chi connectivity index (χ3n) is 7.44. The summed E-state index contributed by atoms with van der Waals surface area (Å²) in [5.41, 5.74) is 1.67. The number of aliphatic imine (C=N–C) groups is 1. The van der Waals surface area contributed by atoms with Gasteiger partial charge in [-0.1, -0.05) is 0 Å². The number of carbonyl (C=O) groups excluding carboxylic acids is 3. The number of carbonyl (C=O) groups is 3. The highest BCUT2D eigenvalue weighted by atomic mass is 32.2. The van der Waals surface area contributed by atoms with E-state index in [4.69, 9.17) is 4.42 Å². The molecule has 1 aromatic heterocycles. The maximum absolute atomic E-state index is 13.6. The molecule has 2 aromatic carbocycles. The van der Waals surface area contributed by atoms with Gasteiger partial charge in [0.15, 0.2) is 0 Å². The van der Waals surface area contributed by atoms with Crippen molar-refractivity contribution in [2.24, 2.45) is 4.99 Å². The van der Waals surface area contributed by atoms with Crippen molar-refractivity contribution in [3.63, 3.8) is 0 Å². The van der Waals surface area contributed by atoms with Crippen molar-refractivity contribution in [2.45, 2.75) is 56.9 Å². The molecule has 5 rings (SSSR count). The molecule has 2 aliphatic heterocycles. The molecule has 13 heteroatoms. The zero-order valence-corrected chi connectivity index (χ0v) is 25.1. The summed E-state index contributed by atoms with van der Waals surface area (Å²) in [6, 6.07) is 12.0. The van der Waals surface area contributed by atoms with Crippen molar-refractivity contribution in [1.29, 1.82) is 0 Å². The van der Waals surface area contributed by atoms with E-state index in [2.05, 4.69) is 20.3 Å². The van der Waals surface area contributed by atoms with Crippen LogP contribution in [0.4, 0.5) is 11.4 Å². The first-order valence-electron chi connectivity index (χ1n) is 14.4. The molecule has 2 fully saturated rings. The minimum atomic E-state index is -4.14. The number of rotatable bonds is 7. The minimum absolute atomic E-state index is 0.0174. The number of hydrogen-bond acceptors (Lipinski definition) is 7. The summed E-state index contributed by atoms with van der Waals surface area (Å²) in [6.07, 6.45) is 3.74. The van der Waals surface area contributed by atoms with Gasteiger partial charge < -0.3 is 24.9 Å². The van der Waals surface area contributed by atoms with Crippen LogP contribution in [0.2, 0.25) is 0 Å². The van der Waals surface area contributed by atoms with Gasteiger partial charge in [0.25, 0.3) is 10.0 Å². The number of aryl methyl sites for hydroxylation is 1. The van der Waals surface area contributed by atoms with Crippen molar-refractivity contribution < 1.29 is 27.2 Å². The Morgan fingerprint density at radius 1 is 0.953 bits per heavy atom. The maximum atomic E-state index is 13.6. The number of fused-ring (bicyclic) bond motifs is 1. The molecule has 0 spiro atoms. The number of furan rings is 1. The van der Waals surface area contributed by atoms with Gasteiger partial charge in [-0.3, -0.25) is 14.4 Å². The number of anilines is 2. The van der Waals surface area contributed by atoms with E-state index in [-0.39, 0.29) is 35.1 Å². The van der Waals surface area contributed by atoms with Crippen LogP contribution in [0.1, 0.15) is 44.8 Å². The number of nitrogens with one attached hydrogen (secondary N) is 3. The lowest BCUT2D eigenvalue weighted by Gasteiger charge is -2.25. The predicted octanol–water partition coefficient (Wildman–Crippen LogP) is 3.45. The first-order valence-corrected chi connectivity index (χ1v) is 15.9. The Kier molecular flexibility index (Phi) is 9.00. The second-order valence-electron chi connectivity index (χ2n) is 10.9. The fourth-order valence-electron chi connectivity index (χ4n) is 5.33. The Morgan fingerprint density at radius 2 is 1.65 bits per heavy atom. The molecule has 3 heterocycles. The van der Waals surface area contributed by atoms with Crippen LogP contribution >= 0.6 is 0 Å². The van der Waals surface area contributed by atoms with Gasteiger partial charge in [0.05, 0.1) is 11.4 Å². The second kappa shape index (κ2) is 12.9. The van der Waals surface area contributed by atoms with Crippen LogP contribution in [0.15, 0.2) is 62.8 Å². The fraction of sp³-hybridized carbons (Fsp3) is 0.400. The number of benzene rings is 2. The Labute approximate surface area is 250 Å². The van der Waals surface area contributed by atoms with E-state index in [9.17, 15) is 22.8 Å². The molecule has 2 aliphatic rings. The molecule has 3 aromatic rings. The Bertz CT molecular complexity index is 1640. The highest BCUT2D eigenvalue weighted by molar-refractivity contribution is 7.90. The zero-order valence-electron chi connectivity index (χ0n) is 24.3. The van der Waals surface area contributed by atoms with Gasteiger partial charge >= 0.3 is 0 Å². The molecule has 0 aliphatic carbocycles. The third kappa shape index (κ3) is 7.53. The third-order valence-corrected chi connectivity index (χ3v) is 8.80. The van der Waals surface area contributed by atoms with Crippen LogP contribution in [-0.2, 0) is 24.4 Å². The summed E-state index contributed by atoms with van der Waals surface area (Å²) in [4.78, 5) is 45.7. The van der Waals surface area contributed by atoms with Crippen molar-refractivity contribution >= 4 is 56.0 Å². The molecule has 0 radical (unpaired) electrons. The van der Waals surface area contributed by atoms with Crippen LogP contribution in [0.25, 0.3) is 11.0 Å². The van der Waals surface area contributed by atoms with Crippen LogP contribution in [0, 0.1) is 6.92 Å². The lowest BCUT2D eigenvalue weighted by Crippen LogP contribution is -2.45. The van der Waals surface area contributed by atoms with E-state index in [1.165, 1.54) is 36.1 Å². The van der Waals surface area contributed by atoms with Gasteiger partial charge in [-0.15, -0.1) is 0 Å². The van der Waals surface area contributed by atoms with E-state index in [1.807, 2.05) is 13.0 Å². The van der Waals surface area contributed by atoms with E-state index < -0.39 is 16.1 Å². The number of amides is 3. The maximum Gasteiger partial charge on any atom is 0.264 e. The highest BCUT2D eigenvalue weighted by Crippen LogP contribution is 2.24. The molecule has 1 atom stereocenters. The molecule has 2 saturated heterocycles. The number of likely N-dealkylation sites (tertiary alicyclic amines) is 2. The van der Waals surface area contributed by atoms with Gasteiger partial charge in [0.1, 0.15) is 17.4 Å². The molecule has 0 saturated carbocycles. The predicted molar refractivity (Wildman–Crippen MR) is 163 cm³/mol. The van der Waals surface area contributed by atoms with Crippen LogP contribution in [0.3, 0.4) is 0 Å². The van der Waals surface area contributed by atoms with E-state index >= 15 is 0 Å². The second-order valence-corrected chi connectivity index (χ2v) is 12.6. The first kappa shape index (κ1) is 30.1. The summed E-state index contributed by atoms with van der Waals surface area (Å²) in [5, 5.41) is 6.47. The quantitative estimate of drug-likeness (QED) is 0.274. The molecular formula is C30H36N6O6S. The SMILES string of the molecule is CC(=O)Nc1ccc(S(=O)(=O)NC(=N[C@H]2CCCCN(CC(=O)N3CCCC3)C2=O)Nc2ccc3oc(C)cc3c2)cc1. The number of guanidine groups is 1. The Hall–Kier alpha value is -4.39. The summed E-state index contributed by atoms with van der Waals surface area (Å²) < 4.78 is 35.1. The van der Waals surface area contributed by atoms with Crippen LogP contribution < -0.4 is 15.4 Å². The molecule has 3 amide bonds. The normalized spacial score (nSPS) is 18.0. The molecule has 228 valence electrons. The minimum Gasteiger partial charge on any atom is -0.461 e. The molecular weight excluding hydrogens is 572 g/mol. The molecule has 0 unspecified atom stereocenters. The molecule has 43 heavy (non-hydrogen) atoms. The average molecular weight is 609 g/mol. The van der Waals surface area contributed by atoms with E-state index in [0.717, 1.165) is 30.4 Å². The largest absolute Gasteiger partial charge is 0.461 e. The van der Waals surface area contributed by atoms with Crippen molar-refractivity contribution in [3.05, 3.63) is 54.3 Å². The van der Waals surface area contributed by atoms with Gasteiger partial charge in [-0.25, -0.2) is 18.1 Å². The van der Waals surface area contributed by atoms with Crippen molar-refractivity contribution in [2.75, 3.05) is 36.8 Å². The Balaban J connectivity index is 1.42. The number of sulfonamides is 1. The average Bonchev–Trinajstić information content (AvgIpc) is 3.59. The standard InChI is InChI=1S/C30H36N6O6S/c1-20-17-22-18-24(10-13-27(22)42-20)32-30(34-43(40,41)25-11-8-23(9-12-25)31-21(2)37)33-26-7-3-4-16-36(29(26)39)19-28(38)35-14-5-6-15-35/h8-13,17-18,26H,3-7,14-16,19H2,1-2H3,(H,31,37)(H2,32,33,34)/t26-/m0/s1. The lowest BCUT2D eigenvalue weighted by molar-refractivity contribution is -0.140. The summed E-state index contributed by atoms with van der Waals surface area (Å²) in [7, 11) is -4.14. The summed E-state index contributed by atoms with van der Waals surface area (Å²) in [6.45, 7) is 5.02. The van der Waals surface area contributed by atoms with Gasteiger partial charge in [0, 0.05) is 43.3 Å². The lowest BCUT2D eigenvalue weighted by atomic mass is 10.1. The van der Waals surface area contributed by atoms with Crippen LogP contribution in [0.5, 0.6) is 0 Å². The number of nitrogens with zero attached hydrogens (tertiary/aromatic N) is 3. The van der Waals surface area contributed by atoms with Crippen LogP contribution in [-0.4, -0.2) is 74.1 Å². The first-order chi connectivity index (χ1) is 20.6. The number of hydrogen-bond donors (Lipinski definition) is 3. The highest BCUT2D eigenvalue weighted by Gasteiger charge is 2.31. The van der Waals surface area contributed by atoms with Crippen molar-refractivity contribution in [3.8, 4) is 0 Å². The fourth-order valence-corrected chi connectivity index (χ4v) is 6.30. The summed E-state index contributed by atoms with van der Waals surface area (Å²) >= 11 is 0. The molecule has 12 nitrogen and oxygen atoms in total. The van der Waals surface area contributed by atoms with Gasteiger partial charge in [-0.05, 0) is 87.6 Å². The van der Waals surface area contributed by atoms with Gasteiger partial charge in [-0.2, -0.15) is 0 Å². The van der Waals surface area contributed by atoms with Gasteiger partial charge in [0.2, 0.25) is 23.7 Å². The smallest absolute Gasteiger partial charge is 0.264 e. The van der Waals surface area contributed by atoms with Crippen molar-refractivity contribution in [1.82, 2.24) is 14.5 Å².